The number of benzene rings is 1. The average Bonchev–Trinajstić information content (AvgIpc) is 3.13. The highest BCUT2D eigenvalue weighted by Gasteiger charge is 2.30. The Morgan fingerprint density at radius 3 is 2.64 bits per heavy atom. The number of nitrogens with one attached hydrogen (secondary N) is 1. The van der Waals surface area contributed by atoms with Crippen molar-refractivity contribution in [1.82, 2.24) is 10.5 Å². The Bertz CT molecular complexity index is 744. The Morgan fingerprint density at radius 1 is 1.28 bits per heavy atom. The van der Waals surface area contributed by atoms with Crippen LogP contribution < -0.4 is 15.0 Å². The number of methoxy groups -OCH3 is 1. The topological polar surface area (TPSA) is 67.6 Å². The molecule has 25 heavy (non-hydrogen) atoms. The van der Waals surface area contributed by atoms with Gasteiger partial charge in [-0.1, -0.05) is 5.16 Å². The Hall–Kier alpha value is -2.50. The lowest BCUT2D eigenvalue weighted by Gasteiger charge is -2.15. The van der Waals surface area contributed by atoms with Gasteiger partial charge in [-0.15, -0.1) is 0 Å². The molecule has 6 nitrogen and oxygen atoms in total. The number of aromatic nitrogens is 1. The van der Waals surface area contributed by atoms with Crippen LogP contribution in [0.15, 0.2) is 28.8 Å². The summed E-state index contributed by atoms with van der Waals surface area (Å²) in [5.41, 5.74) is 1.38. The third-order valence-corrected chi connectivity index (χ3v) is 4.91. The molecule has 1 aliphatic heterocycles. The van der Waals surface area contributed by atoms with Crippen LogP contribution in [0.25, 0.3) is 11.3 Å². The summed E-state index contributed by atoms with van der Waals surface area (Å²) in [6.07, 6.45) is 4.64. The molecule has 6 heteroatoms. The van der Waals surface area contributed by atoms with Gasteiger partial charge in [-0.2, -0.15) is 0 Å². The van der Waals surface area contributed by atoms with E-state index in [1.54, 1.807) is 7.11 Å². The summed E-state index contributed by atoms with van der Waals surface area (Å²) in [7, 11) is 1.63. The van der Waals surface area contributed by atoms with Crippen molar-refractivity contribution in [2.24, 2.45) is 5.92 Å². The van der Waals surface area contributed by atoms with E-state index in [1.807, 2.05) is 24.3 Å². The fourth-order valence-electron chi connectivity index (χ4n) is 3.22. The second-order valence-corrected chi connectivity index (χ2v) is 6.79. The van der Waals surface area contributed by atoms with Crippen molar-refractivity contribution in [3.05, 3.63) is 29.8 Å². The Labute approximate surface area is 147 Å². The number of anilines is 1. The fourth-order valence-corrected chi connectivity index (χ4v) is 3.22. The zero-order chi connectivity index (χ0) is 17.2. The minimum absolute atomic E-state index is 0.0964. The average molecular weight is 341 g/mol. The standard InChI is InChI=1S/C19H23N3O3/c1-24-15-8-6-14(7-9-15)17-16(19(23)20-12-13-4-5-13)18(21-25-17)22-10-2-3-11-22/h6-9,13H,2-5,10-12H2,1H3,(H,20,23). The maximum Gasteiger partial charge on any atom is 0.259 e. The lowest BCUT2D eigenvalue weighted by Crippen LogP contribution is -2.28. The van der Waals surface area contributed by atoms with Crippen LogP contribution in [-0.4, -0.2) is 37.8 Å². The van der Waals surface area contributed by atoms with Crippen molar-refractivity contribution < 1.29 is 14.1 Å². The third-order valence-electron chi connectivity index (χ3n) is 4.91. The number of rotatable bonds is 6. The van der Waals surface area contributed by atoms with Crippen LogP contribution >= 0.6 is 0 Å². The summed E-state index contributed by atoms with van der Waals surface area (Å²) in [5.74, 6) is 2.49. The number of carbonyl (C=O) groups excluding carboxylic acids is 1. The monoisotopic (exact) mass is 341 g/mol. The fraction of sp³-hybridized carbons (Fsp3) is 0.474. The highest BCUT2D eigenvalue weighted by molar-refractivity contribution is 6.04. The van der Waals surface area contributed by atoms with Crippen LogP contribution in [-0.2, 0) is 0 Å². The molecule has 2 aromatic rings. The van der Waals surface area contributed by atoms with Gasteiger partial charge in [-0.25, -0.2) is 0 Å². The van der Waals surface area contributed by atoms with Crippen molar-refractivity contribution in [2.45, 2.75) is 25.7 Å². The van der Waals surface area contributed by atoms with Gasteiger partial charge < -0.3 is 19.5 Å². The minimum Gasteiger partial charge on any atom is -0.497 e. The van der Waals surface area contributed by atoms with E-state index in [4.69, 9.17) is 9.26 Å². The van der Waals surface area contributed by atoms with E-state index in [9.17, 15) is 4.79 Å². The number of nitrogens with zero attached hydrogens (tertiary/aromatic N) is 2. The SMILES string of the molecule is COc1ccc(-c2onc(N3CCCC3)c2C(=O)NCC2CC2)cc1. The smallest absolute Gasteiger partial charge is 0.259 e. The first-order valence-electron chi connectivity index (χ1n) is 8.93. The number of ether oxygens (including phenoxy) is 1. The first-order valence-corrected chi connectivity index (χ1v) is 8.93. The second-order valence-electron chi connectivity index (χ2n) is 6.79. The molecule has 2 aliphatic rings. The maximum atomic E-state index is 12.9. The normalized spacial score (nSPS) is 16.9. The van der Waals surface area contributed by atoms with E-state index in [0.29, 0.717) is 23.1 Å². The van der Waals surface area contributed by atoms with Crippen LogP contribution in [0, 0.1) is 5.92 Å². The van der Waals surface area contributed by atoms with Crippen LogP contribution in [0.4, 0.5) is 5.82 Å². The predicted molar refractivity (Wildman–Crippen MR) is 95.0 cm³/mol. The van der Waals surface area contributed by atoms with E-state index in [2.05, 4.69) is 15.4 Å². The molecule has 1 amide bonds. The van der Waals surface area contributed by atoms with Gasteiger partial charge in [-0.3, -0.25) is 4.79 Å². The maximum absolute atomic E-state index is 12.9. The minimum atomic E-state index is -0.0964. The van der Waals surface area contributed by atoms with E-state index < -0.39 is 0 Å². The van der Waals surface area contributed by atoms with Crippen molar-refractivity contribution in [3.8, 4) is 17.1 Å². The summed E-state index contributed by atoms with van der Waals surface area (Å²) in [4.78, 5) is 15.0. The van der Waals surface area contributed by atoms with Gasteiger partial charge in [0.1, 0.15) is 11.3 Å². The van der Waals surface area contributed by atoms with E-state index in [1.165, 1.54) is 12.8 Å². The molecule has 132 valence electrons. The molecule has 1 saturated heterocycles. The van der Waals surface area contributed by atoms with Crippen molar-refractivity contribution >= 4 is 11.7 Å². The summed E-state index contributed by atoms with van der Waals surface area (Å²) in [5, 5.41) is 7.29. The van der Waals surface area contributed by atoms with Crippen molar-refractivity contribution in [3.63, 3.8) is 0 Å². The molecule has 1 N–H and O–H groups in total. The Balaban J connectivity index is 1.67. The lowest BCUT2D eigenvalue weighted by atomic mass is 10.1. The van der Waals surface area contributed by atoms with Crippen LogP contribution in [0.5, 0.6) is 5.75 Å². The summed E-state index contributed by atoms with van der Waals surface area (Å²) in [6.45, 7) is 2.56. The molecule has 1 saturated carbocycles. The number of carbonyl (C=O) groups is 1. The molecule has 0 unspecified atom stereocenters. The molecule has 0 radical (unpaired) electrons. The van der Waals surface area contributed by atoms with Gasteiger partial charge in [0.25, 0.3) is 5.91 Å². The van der Waals surface area contributed by atoms with Gasteiger partial charge in [0, 0.05) is 25.2 Å². The molecule has 4 rings (SSSR count). The molecular formula is C19H23N3O3. The quantitative estimate of drug-likeness (QED) is 0.874. The lowest BCUT2D eigenvalue weighted by molar-refractivity contribution is 0.0952. The van der Waals surface area contributed by atoms with Gasteiger partial charge in [-0.05, 0) is 55.9 Å². The largest absolute Gasteiger partial charge is 0.497 e. The zero-order valence-electron chi connectivity index (χ0n) is 14.5. The second kappa shape index (κ2) is 6.78. The molecule has 2 heterocycles. The first kappa shape index (κ1) is 16.0. The molecule has 2 fully saturated rings. The van der Waals surface area contributed by atoms with E-state index >= 15 is 0 Å². The summed E-state index contributed by atoms with van der Waals surface area (Å²) in [6, 6.07) is 7.51. The molecule has 1 aromatic heterocycles. The highest BCUT2D eigenvalue weighted by atomic mass is 16.5. The molecule has 0 spiro atoms. The molecule has 1 aliphatic carbocycles. The highest BCUT2D eigenvalue weighted by Crippen LogP contribution is 2.34. The van der Waals surface area contributed by atoms with E-state index in [-0.39, 0.29) is 5.91 Å². The first-order chi connectivity index (χ1) is 12.3. The predicted octanol–water partition coefficient (Wildman–Crippen LogP) is 3.09. The number of amides is 1. The van der Waals surface area contributed by atoms with Crippen LogP contribution in [0.2, 0.25) is 0 Å². The van der Waals surface area contributed by atoms with Crippen molar-refractivity contribution in [1.29, 1.82) is 0 Å². The van der Waals surface area contributed by atoms with Gasteiger partial charge in [0.05, 0.1) is 7.11 Å². The number of hydrogen-bond acceptors (Lipinski definition) is 5. The zero-order valence-corrected chi connectivity index (χ0v) is 14.5. The summed E-state index contributed by atoms with van der Waals surface area (Å²) < 4.78 is 10.8. The summed E-state index contributed by atoms with van der Waals surface area (Å²) >= 11 is 0. The van der Waals surface area contributed by atoms with Crippen LogP contribution in [0.3, 0.4) is 0 Å². The Morgan fingerprint density at radius 2 is 2.00 bits per heavy atom. The Kier molecular flexibility index (Phi) is 4.34. The van der Waals surface area contributed by atoms with Gasteiger partial charge in [0.2, 0.25) is 0 Å². The van der Waals surface area contributed by atoms with Gasteiger partial charge in [0.15, 0.2) is 11.6 Å². The third kappa shape index (κ3) is 3.34. The van der Waals surface area contributed by atoms with E-state index in [0.717, 1.165) is 43.8 Å². The van der Waals surface area contributed by atoms with Gasteiger partial charge >= 0.3 is 0 Å². The molecule has 0 atom stereocenters. The molecule has 1 aromatic carbocycles. The molecule has 0 bridgehead atoms. The van der Waals surface area contributed by atoms with Crippen LogP contribution in [0.1, 0.15) is 36.0 Å². The molecular weight excluding hydrogens is 318 g/mol. The van der Waals surface area contributed by atoms with Crippen molar-refractivity contribution in [2.75, 3.05) is 31.6 Å². The number of hydrogen-bond donors (Lipinski definition) is 1.